The van der Waals surface area contributed by atoms with E-state index in [0.717, 1.165) is 5.56 Å². The summed E-state index contributed by atoms with van der Waals surface area (Å²) in [4.78, 5) is 0. The molecule has 0 radical (unpaired) electrons. The molecule has 0 saturated heterocycles. The Morgan fingerprint density at radius 3 is 1.81 bits per heavy atom. The van der Waals surface area contributed by atoms with Gasteiger partial charge in [-0.1, -0.05) is 60.1 Å². The zero-order valence-electron chi connectivity index (χ0n) is 14.6. The van der Waals surface area contributed by atoms with Gasteiger partial charge in [0, 0.05) is 5.02 Å². The Kier molecular flexibility index (Phi) is 6.17. The molecule has 0 aliphatic heterocycles. The number of hydrogen-bond acceptors (Lipinski definition) is 4. The number of nitrogens with one attached hydrogen (secondary N) is 1. The van der Waals surface area contributed by atoms with Gasteiger partial charge in [0.1, 0.15) is 11.5 Å². The molecule has 0 aromatic heterocycles. The van der Waals surface area contributed by atoms with Crippen LogP contribution in [0.3, 0.4) is 0 Å². The van der Waals surface area contributed by atoms with Gasteiger partial charge in [-0.25, -0.2) is 4.57 Å². The molecule has 3 rings (SSSR count). The molecule has 0 unspecified atom stereocenters. The molecule has 0 atom stereocenters. The van der Waals surface area contributed by atoms with Gasteiger partial charge in [-0.2, -0.15) is 10.3 Å². The third-order valence-corrected chi connectivity index (χ3v) is 5.04. The maximum Gasteiger partial charge on any atom is 0.557 e. The lowest BCUT2D eigenvalue weighted by Gasteiger charge is -2.19. The molecular formula is C20H18ClN2O3P. The van der Waals surface area contributed by atoms with Gasteiger partial charge >= 0.3 is 7.75 Å². The Morgan fingerprint density at radius 2 is 1.33 bits per heavy atom. The van der Waals surface area contributed by atoms with Gasteiger partial charge in [0.2, 0.25) is 0 Å². The van der Waals surface area contributed by atoms with Crippen molar-refractivity contribution < 1.29 is 13.6 Å². The molecule has 0 spiro atoms. The molecule has 0 saturated carbocycles. The van der Waals surface area contributed by atoms with E-state index < -0.39 is 7.75 Å². The van der Waals surface area contributed by atoms with Gasteiger partial charge in [-0.3, -0.25) is 0 Å². The molecule has 0 bridgehead atoms. The summed E-state index contributed by atoms with van der Waals surface area (Å²) in [6.07, 6.45) is 0. The van der Waals surface area contributed by atoms with Gasteiger partial charge in [0.05, 0.1) is 5.71 Å². The summed E-state index contributed by atoms with van der Waals surface area (Å²) >= 11 is 5.91. The Bertz CT molecular complexity index is 902. The van der Waals surface area contributed by atoms with Crippen LogP contribution in [0.4, 0.5) is 0 Å². The number of hydrazone groups is 1. The molecule has 3 aromatic carbocycles. The van der Waals surface area contributed by atoms with Crippen LogP contribution in [0.2, 0.25) is 5.02 Å². The molecule has 0 heterocycles. The maximum absolute atomic E-state index is 13.3. The van der Waals surface area contributed by atoms with Gasteiger partial charge in [0.25, 0.3) is 0 Å². The lowest BCUT2D eigenvalue weighted by Crippen LogP contribution is -2.15. The van der Waals surface area contributed by atoms with Gasteiger partial charge < -0.3 is 9.05 Å². The largest absolute Gasteiger partial charge is 0.557 e. The van der Waals surface area contributed by atoms with E-state index in [0.29, 0.717) is 22.2 Å². The summed E-state index contributed by atoms with van der Waals surface area (Å²) in [6.45, 7) is 1.78. The van der Waals surface area contributed by atoms with E-state index in [-0.39, 0.29) is 0 Å². The molecule has 0 aliphatic rings. The Labute approximate surface area is 163 Å². The summed E-state index contributed by atoms with van der Waals surface area (Å²) in [5.41, 5.74) is 1.44. The number of rotatable bonds is 7. The standard InChI is InChI=1S/C20H18ClN2O3P/c1-16(17-12-14-18(21)15-13-17)22-23-27(24,25-19-8-4-2-5-9-19)26-20-10-6-3-7-11-20/h2-15H,1H3,(H,23,24)/b22-16-. The van der Waals surface area contributed by atoms with Crippen LogP contribution in [0, 0.1) is 0 Å². The molecule has 27 heavy (non-hydrogen) atoms. The fourth-order valence-corrected chi connectivity index (χ4v) is 3.51. The molecule has 3 aromatic rings. The van der Waals surface area contributed by atoms with Gasteiger partial charge in [0.15, 0.2) is 0 Å². The average molecular weight is 401 g/mol. The van der Waals surface area contributed by atoms with Crippen LogP contribution in [-0.2, 0) is 4.57 Å². The van der Waals surface area contributed by atoms with Crippen LogP contribution in [0.1, 0.15) is 12.5 Å². The van der Waals surface area contributed by atoms with Crippen molar-refractivity contribution in [3.63, 3.8) is 0 Å². The SMILES string of the molecule is C/C(=N/NP(=O)(Oc1ccccc1)Oc1ccccc1)c1ccc(Cl)cc1. The lowest BCUT2D eigenvalue weighted by atomic mass is 10.1. The number of halogens is 1. The van der Waals surface area contributed by atoms with Crippen molar-refractivity contribution in [3.05, 3.63) is 95.5 Å². The Hall–Kier alpha value is -2.75. The van der Waals surface area contributed by atoms with E-state index in [2.05, 4.69) is 10.3 Å². The number of nitrogens with zero attached hydrogens (tertiary/aromatic N) is 1. The first-order valence-corrected chi connectivity index (χ1v) is 10.1. The summed E-state index contributed by atoms with van der Waals surface area (Å²) in [5, 5.41) is 7.40. The van der Waals surface area contributed by atoms with E-state index in [1.165, 1.54) is 0 Å². The summed E-state index contributed by atoms with van der Waals surface area (Å²) in [6, 6.07) is 24.7. The predicted molar refractivity (Wildman–Crippen MR) is 109 cm³/mol. The normalized spacial score (nSPS) is 11.7. The van der Waals surface area contributed by atoms with Gasteiger partial charge in [-0.15, -0.1) is 0 Å². The van der Waals surface area contributed by atoms with E-state index >= 15 is 0 Å². The molecular weight excluding hydrogens is 383 g/mol. The molecule has 0 amide bonds. The van der Waals surface area contributed by atoms with Crippen LogP contribution in [0.15, 0.2) is 90.0 Å². The molecule has 5 nitrogen and oxygen atoms in total. The number of benzene rings is 3. The van der Waals surface area contributed by atoms with E-state index in [9.17, 15) is 4.57 Å². The van der Waals surface area contributed by atoms with Gasteiger partial charge in [-0.05, 0) is 48.9 Å². The highest BCUT2D eigenvalue weighted by molar-refractivity contribution is 7.52. The first-order chi connectivity index (χ1) is 13.0. The highest BCUT2D eigenvalue weighted by Crippen LogP contribution is 2.44. The van der Waals surface area contributed by atoms with Crippen LogP contribution in [-0.4, -0.2) is 5.71 Å². The first kappa shape index (κ1) is 19.0. The maximum atomic E-state index is 13.3. The third-order valence-electron chi connectivity index (χ3n) is 3.54. The minimum Gasteiger partial charge on any atom is -0.399 e. The quantitative estimate of drug-likeness (QED) is 0.304. The Balaban J connectivity index is 1.83. The smallest absolute Gasteiger partial charge is 0.399 e. The number of para-hydroxylation sites is 2. The second kappa shape index (κ2) is 8.76. The van der Waals surface area contributed by atoms with E-state index in [1.54, 1.807) is 67.6 Å². The van der Waals surface area contributed by atoms with Crippen LogP contribution >= 0.6 is 19.3 Å². The molecule has 7 heteroatoms. The average Bonchev–Trinajstić information content (AvgIpc) is 2.68. The molecule has 1 N–H and O–H groups in total. The zero-order chi connectivity index (χ0) is 19.1. The van der Waals surface area contributed by atoms with Crippen LogP contribution < -0.4 is 14.2 Å². The lowest BCUT2D eigenvalue weighted by molar-refractivity contribution is 0.372. The monoisotopic (exact) mass is 400 g/mol. The highest BCUT2D eigenvalue weighted by atomic mass is 35.5. The Morgan fingerprint density at radius 1 is 0.852 bits per heavy atom. The molecule has 0 aliphatic carbocycles. The summed E-state index contributed by atoms with van der Waals surface area (Å²) in [5.74, 6) is 0.812. The van der Waals surface area contributed by atoms with Crippen molar-refractivity contribution in [2.75, 3.05) is 0 Å². The van der Waals surface area contributed by atoms with Crippen LogP contribution in [0.5, 0.6) is 11.5 Å². The van der Waals surface area contributed by atoms with Crippen molar-refractivity contribution in [3.8, 4) is 11.5 Å². The minimum absolute atomic E-state index is 0.406. The summed E-state index contributed by atoms with van der Waals surface area (Å²) in [7, 11) is -3.81. The second-order valence-electron chi connectivity index (χ2n) is 5.61. The third kappa shape index (κ3) is 5.61. The fraction of sp³-hybridized carbons (Fsp3) is 0.0500. The summed E-state index contributed by atoms with van der Waals surface area (Å²) < 4.78 is 24.5. The second-order valence-corrected chi connectivity index (χ2v) is 7.61. The zero-order valence-corrected chi connectivity index (χ0v) is 16.2. The minimum atomic E-state index is -3.81. The van der Waals surface area contributed by atoms with E-state index in [4.69, 9.17) is 20.6 Å². The highest BCUT2D eigenvalue weighted by Gasteiger charge is 2.28. The predicted octanol–water partition coefficient (Wildman–Crippen LogP) is 5.92. The van der Waals surface area contributed by atoms with Crippen molar-refractivity contribution >= 4 is 25.1 Å². The van der Waals surface area contributed by atoms with Crippen molar-refractivity contribution in [2.24, 2.45) is 5.10 Å². The number of hydrogen-bond donors (Lipinski definition) is 1. The van der Waals surface area contributed by atoms with Crippen molar-refractivity contribution in [1.82, 2.24) is 5.20 Å². The topological polar surface area (TPSA) is 59.9 Å². The van der Waals surface area contributed by atoms with E-state index in [1.807, 2.05) is 24.3 Å². The van der Waals surface area contributed by atoms with Crippen molar-refractivity contribution in [1.29, 1.82) is 0 Å². The molecule has 138 valence electrons. The fourth-order valence-electron chi connectivity index (χ4n) is 2.19. The van der Waals surface area contributed by atoms with Crippen molar-refractivity contribution in [2.45, 2.75) is 6.92 Å². The van der Waals surface area contributed by atoms with Crippen LogP contribution in [0.25, 0.3) is 0 Å². The first-order valence-electron chi connectivity index (χ1n) is 8.21. The molecule has 0 fully saturated rings.